The molecule has 6 heteroatoms. The Bertz CT molecular complexity index is 466. The van der Waals surface area contributed by atoms with Gasteiger partial charge in [-0.25, -0.2) is 0 Å². The molecule has 0 bridgehead atoms. The molecule has 2 rings (SSSR count). The average Bonchev–Trinajstić information content (AvgIpc) is 2.66. The molecule has 4 nitrogen and oxygen atoms in total. The van der Waals surface area contributed by atoms with Crippen LogP contribution in [0.25, 0.3) is 5.69 Å². The Hall–Kier alpha value is -1.07. The van der Waals surface area contributed by atoms with Crippen molar-refractivity contribution in [3.05, 3.63) is 29.3 Å². The summed E-state index contributed by atoms with van der Waals surface area (Å²) in [7, 11) is 0. The molecule has 84 valence electrons. The first-order chi connectivity index (χ1) is 7.66. The van der Waals surface area contributed by atoms with Crippen LogP contribution in [-0.4, -0.2) is 25.5 Å². The minimum atomic E-state index is 0.442. The summed E-state index contributed by atoms with van der Waals surface area (Å²) in [5.41, 5.74) is 0.914. The lowest BCUT2D eigenvalue weighted by Crippen LogP contribution is -2.00. The van der Waals surface area contributed by atoms with Crippen LogP contribution in [0.15, 0.2) is 29.4 Å². The highest BCUT2D eigenvalue weighted by Gasteiger charge is 2.10. The van der Waals surface area contributed by atoms with Crippen LogP contribution in [0.3, 0.4) is 0 Å². The van der Waals surface area contributed by atoms with Crippen LogP contribution in [-0.2, 0) is 0 Å². The van der Waals surface area contributed by atoms with E-state index in [1.54, 1.807) is 16.4 Å². The van der Waals surface area contributed by atoms with Gasteiger partial charge in [0.2, 0.25) is 5.16 Å². The zero-order chi connectivity index (χ0) is 11.5. The predicted octanol–water partition coefficient (Wildman–Crippen LogP) is 2.82. The Morgan fingerprint density at radius 1 is 1.25 bits per heavy atom. The first-order valence-electron chi connectivity index (χ1n) is 4.88. The van der Waals surface area contributed by atoms with Gasteiger partial charge in [-0.3, -0.25) is 0 Å². The molecule has 0 aliphatic heterocycles. The summed E-state index contributed by atoms with van der Waals surface area (Å²) in [5.74, 6) is 0. The van der Waals surface area contributed by atoms with Crippen molar-refractivity contribution in [2.75, 3.05) is 0 Å². The van der Waals surface area contributed by atoms with E-state index in [4.69, 9.17) is 11.6 Å². The van der Waals surface area contributed by atoms with Crippen LogP contribution < -0.4 is 0 Å². The quantitative estimate of drug-likeness (QED) is 0.790. The summed E-state index contributed by atoms with van der Waals surface area (Å²) in [4.78, 5) is 0. The molecule has 0 amide bonds. The molecule has 0 aliphatic carbocycles. The zero-order valence-electron chi connectivity index (χ0n) is 8.96. The lowest BCUT2D eigenvalue weighted by atomic mass is 10.3. The van der Waals surface area contributed by atoms with Crippen LogP contribution in [0.4, 0.5) is 0 Å². The van der Waals surface area contributed by atoms with Crippen molar-refractivity contribution < 1.29 is 0 Å². The second-order valence-corrected chi connectivity index (χ2v) is 5.50. The van der Waals surface area contributed by atoms with Gasteiger partial charge in [0.1, 0.15) is 0 Å². The van der Waals surface area contributed by atoms with Gasteiger partial charge >= 0.3 is 0 Å². The number of tetrazole rings is 1. The third-order valence-electron chi connectivity index (χ3n) is 1.85. The van der Waals surface area contributed by atoms with Crippen molar-refractivity contribution in [2.45, 2.75) is 24.3 Å². The Morgan fingerprint density at radius 3 is 2.56 bits per heavy atom. The van der Waals surface area contributed by atoms with Crippen molar-refractivity contribution in [3.8, 4) is 5.69 Å². The molecule has 0 fully saturated rings. The molecule has 2 aromatic rings. The fraction of sp³-hybridized carbons (Fsp3) is 0.300. The minimum Gasteiger partial charge on any atom is -0.188 e. The molecular weight excluding hydrogens is 244 g/mol. The molecule has 1 aromatic heterocycles. The first kappa shape index (κ1) is 11.4. The van der Waals surface area contributed by atoms with E-state index < -0.39 is 0 Å². The number of hydrogen-bond acceptors (Lipinski definition) is 4. The molecular formula is C10H11ClN4S. The first-order valence-corrected chi connectivity index (χ1v) is 6.13. The maximum atomic E-state index is 5.83. The predicted molar refractivity (Wildman–Crippen MR) is 65.2 cm³/mol. The van der Waals surface area contributed by atoms with Crippen molar-refractivity contribution >= 4 is 23.4 Å². The van der Waals surface area contributed by atoms with E-state index >= 15 is 0 Å². The Morgan fingerprint density at radius 2 is 1.94 bits per heavy atom. The standard InChI is InChI=1S/C10H11ClN4S/c1-7(2)16-10-12-13-14-15(10)9-5-3-8(11)4-6-9/h3-7H,1-2H3. The second kappa shape index (κ2) is 4.84. The third kappa shape index (κ3) is 2.54. The van der Waals surface area contributed by atoms with E-state index in [0.717, 1.165) is 10.8 Å². The highest BCUT2D eigenvalue weighted by Crippen LogP contribution is 2.22. The number of benzene rings is 1. The molecule has 0 aliphatic rings. The molecule has 1 heterocycles. The summed E-state index contributed by atoms with van der Waals surface area (Å²) >= 11 is 7.46. The van der Waals surface area contributed by atoms with E-state index in [0.29, 0.717) is 10.3 Å². The minimum absolute atomic E-state index is 0.442. The molecule has 0 radical (unpaired) electrons. The zero-order valence-corrected chi connectivity index (χ0v) is 10.5. The Balaban J connectivity index is 2.33. The normalized spacial score (nSPS) is 11.0. The largest absolute Gasteiger partial charge is 0.214 e. The lowest BCUT2D eigenvalue weighted by Gasteiger charge is -2.05. The average molecular weight is 255 g/mol. The maximum Gasteiger partial charge on any atom is 0.214 e. The highest BCUT2D eigenvalue weighted by molar-refractivity contribution is 7.99. The van der Waals surface area contributed by atoms with Gasteiger partial charge in [0.25, 0.3) is 0 Å². The van der Waals surface area contributed by atoms with Crippen LogP contribution in [0.5, 0.6) is 0 Å². The molecule has 0 spiro atoms. The molecule has 0 saturated carbocycles. The summed E-state index contributed by atoms with van der Waals surface area (Å²) in [6, 6.07) is 7.43. The third-order valence-corrected chi connectivity index (χ3v) is 3.04. The molecule has 0 unspecified atom stereocenters. The summed E-state index contributed by atoms with van der Waals surface area (Å²) in [6.07, 6.45) is 0. The van der Waals surface area contributed by atoms with Crippen molar-refractivity contribution in [3.63, 3.8) is 0 Å². The van der Waals surface area contributed by atoms with Gasteiger partial charge in [0, 0.05) is 10.3 Å². The molecule has 0 saturated heterocycles. The van der Waals surface area contributed by atoms with Gasteiger partial charge in [-0.15, -0.1) is 5.10 Å². The molecule has 1 aromatic carbocycles. The van der Waals surface area contributed by atoms with Gasteiger partial charge < -0.3 is 0 Å². The van der Waals surface area contributed by atoms with Gasteiger partial charge in [0.05, 0.1) is 5.69 Å². The maximum absolute atomic E-state index is 5.83. The molecule has 16 heavy (non-hydrogen) atoms. The summed E-state index contributed by atoms with van der Waals surface area (Å²) < 4.78 is 1.71. The van der Waals surface area contributed by atoms with Crippen LogP contribution in [0.2, 0.25) is 5.02 Å². The molecule has 0 atom stereocenters. The number of nitrogens with zero attached hydrogens (tertiary/aromatic N) is 4. The van der Waals surface area contributed by atoms with Crippen LogP contribution in [0.1, 0.15) is 13.8 Å². The smallest absolute Gasteiger partial charge is 0.188 e. The van der Waals surface area contributed by atoms with E-state index in [2.05, 4.69) is 29.4 Å². The van der Waals surface area contributed by atoms with Crippen LogP contribution >= 0.6 is 23.4 Å². The fourth-order valence-corrected chi connectivity index (χ4v) is 2.08. The van der Waals surface area contributed by atoms with E-state index in [1.165, 1.54) is 0 Å². The monoisotopic (exact) mass is 254 g/mol. The Kier molecular flexibility index (Phi) is 3.46. The van der Waals surface area contributed by atoms with Crippen molar-refractivity contribution in [2.24, 2.45) is 0 Å². The fourth-order valence-electron chi connectivity index (χ4n) is 1.21. The number of thioether (sulfide) groups is 1. The van der Waals surface area contributed by atoms with Crippen LogP contribution in [0, 0.1) is 0 Å². The van der Waals surface area contributed by atoms with Gasteiger partial charge in [-0.1, -0.05) is 37.2 Å². The van der Waals surface area contributed by atoms with E-state index in [1.807, 2.05) is 24.3 Å². The highest BCUT2D eigenvalue weighted by atomic mass is 35.5. The summed E-state index contributed by atoms with van der Waals surface area (Å²) in [5, 5.41) is 13.6. The number of rotatable bonds is 3. The molecule has 0 N–H and O–H groups in total. The topological polar surface area (TPSA) is 43.6 Å². The van der Waals surface area contributed by atoms with Crippen molar-refractivity contribution in [1.82, 2.24) is 20.2 Å². The number of hydrogen-bond donors (Lipinski definition) is 0. The second-order valence-electron chi connectivity index (χ2n) is 3.52. The van der Waals surface area contributed by atoms with Gasteiger partial charge in [0.15, 0.2) is 0 Å². The Labute approximate surface area is 103 Å². The van der Waals surface area contributed by atoms with E-state index in [9.17, 15) is 0 Å². The lowest BCUT2D eigenvalue weighted by molar-refractivity contribution is 0.755. The van der Waals surface area contributed by atoms with Gasteiger partial charge in [-0.05, 0) is 34.7 Å². The number of aromatic nitrogens is 4. The number of halogens is 1. The van der Waals surface area contributed by atoms with E-state index in [-0.39, 0.29) is 0 Å². The van der Waals surface area contributed by atoms with Gasteiger partial charge in [-0.2, -0.15) is 4.68 Å². The SMILES string of the molecule is CC(C)Sc1nnnn1-c1ccc(Cl)cc1. The van der Waals surface area contributed by atoms with Crippen molar-refractivity contribution in [1.29, 1.82) is 0 Å². The summed E-state index contributed by atoms with van der Waals surface area (Å²) in [6.45, 7) is 4.21.